The van der Waals surface area contributed by atoms with Crippen LogP contribution in [0, 0.1) is 0 Å². The van der Waals surface area contributed by atoms with Gasteiger partial charge in [-0.05, 0) is 30.2 Å². The highest BCUT2D eigenvalue weighted by molar-refractivity contribution is 9.10. The molecule has 0 spiro atoms. The molecule has 5 heteroatoms. The fourth-order valence-electron chi connectivity index (χ4n) is 1.29. The molecule has 0 saturated carbocycles. The topological polar surface area (TPSA) is 60.2 Å². The van der Waals surface area contributed by atoms with Crippen LogP contribution in [0.2, 0.25) is 0 Å². The molecule has 1 aromatic rings. The van der Waals surface area contributed by atoms with Crippen molar-refractivity contribution in [1.82, 2.24) is 0 Å². The number of hydrogen-bond donors (Lipinski definition) is 1. The van der Waals surface area contributed by atoms with Gasteiger partial charge >= 0.3 is 0 Å². The van der Waals surface area contributed by atoms with Crippen LogP contribution < -0.4 is 5.14 Å². The van der Waals surface area contributed by atoms with Crippen LogP contribution >= 0.6 is 15.9 Å². The van der Waals surface area contributed by atoms with Gasteiger partial charge in [-0.2, -0.15) is 0 Å². The smallest absolute Gasteiger partial charge is 0.225 e. The van der Waals surface area contributed by atoms with Crippen LogP contribution in [0.25, 0.3) is 0 Å². The van der Waals surface area contributed by atoms with Crippen molar-refractivity contribution in [1.29, 1.82) is 0 Å². The number of benzene rings is 1. The van der Waals surface area contributed by atoms with Crippen molar-refractivity contribution in [3.63, 3.8) is 0 Å². The van der Waals surface area contributed by atoms with Crippen LogP contribution in [0.5, 0.6) is 0 Å². The molecule has 0 bridgehead atoms. The highest BCUT2D eigenvalue weighted by atomic mass is 79.9. The van der Waals surface area contributed by atoms with E-state index in [1.54, 1.807) is 12.1 Å². The molecule has 0 aliphatic heterocycles. The predicted molar refractivity (Wildman–Crippen MR) is 59.5 cm³/mol. The third-order valence-electron chi connectivity index (χ3n) is 1.85. The molecule has 0 aliphatic carbocycles. The monoisotopic (exact) mass is 277 g/mol. The molecule has 0 aromatic heterocycles. The third kappa shape index (κ3) is 2.80. The molecule has 1 rings (SSSR count). The summed E-state index contributed by atoms with van der Waals surface area (Å²) >= 11 is 3.30. The Kier molecular flexibility index (Phi) is 3.69. The Morgan fingerprint density at radius 1 is 1.43 bits per heavy atom. The van der Waals surface area contributed by atoms with Gasteiger partial charge in [0, 0.05) is 4.47 Å². The van der Waals surface area contributed by atoms with Crippen molar-refractivity contribution in [2.24, 2.45) is 5.14 Å². The maximum absolute atomic E-state index is 11.2. The molecular formula is C9H12BrNO2S. The molecule has 1 aromatic carbocycles. The number of sulfonamides is 1. The van der Waals surface area contributed by atoms with Crippen molar-refractivity contribution in [3.8, 4) is 0 Å². The Balaban J connectivity index is 3.29. The lowest BCUT2D eigenvalue weighted by Crippen LogP contribution is -2.14. The van der Waals surface area contributed by atoms with Gasteiger partial charge < -0.3 is 0 Å². The molecule has 0 atom stereocenters. The van der Waals surface area contributed by atoms with Gasteiger partial charge in [0.2, 0.25) is 10.0 Å². The summed E-state index contributed by atoms with van der Waals surface area (Å²) < 4.78 is 23.3. The maximum Gasteiger partial charge on any atom is 0.238 e. The Hall–Kier alpha value is -0.390. The van der Waals surface area contributed by atoms with E-state index < -0.39 is 10.0 Å². The maximum atomic E-state index is 11.2. The average Bonchev–Trinajstić information content (AvgIpc) is 2.02. The molecule has 78 valence electrons. The first-order valence-corrected chi connectivity index (χ1v) is 6.60. The number of hydrogen-bond acceptors (Lipinski definition) is 2. The first kappa shape index (κ1) is 11.7. The van der Waals surface area contributed by atoms with Crippen LogP contribution in [0.4, 0.5) is 0 Å². The first-order chi connectivity index (χ1) is 6.45. The minimum Gasteiger partial charge on any atom is -0.225 e. The molecule has 3 nitrogen and oxygen atoms in total. The highest BCUT2D eigenvalue weighted by Gasteiger charge is 2.12. The molecular weight excluding hydrogens is 266 g/mol. The van der Waals surface area contributed by atoms with E-state index in [1.807, 2.05) is 6.92 Å². The Bertz CT molecular complexity index is 428. The van der Waals surface area contributed by atoms with Crippen LogP contribution in [0.15, 0.2) is 27.6 Å². The molecule has 0 amide bonds. The second kappa shape index (κ2) is 4.42. The van der Waals surface area contributed by atoms with E-state index in [1.165, 1.54) is 6.07 Å². The second-order valence-electron chi connectivity index (χ2n) is 3.05. The molecule has 14 heavy (non-hydrogen) atoms. The van der Waals surface area contributed by atoms with E-state index in [0.717, 1.165) is 16.5 Å². The zero-order valence-electron chi connectivity index (χ0n) is 7.83. The largest absolute Gasteiger partial charge is 0.238 e. The van der Waals surface area contributed by atoms with Crippen molar-refractivity contribution < 1.29 is 8.42 Å². The van der Waals surface area contributed by atoms with Gasteiger partial charge in [-0.1, -0.05) is 29.3 Å². The van der Waals surface area contributed by atoms with Gasteiger partial charge in [0.05, 0.1) is 4.90 Å². The van der Waals surface area contributed by atoms with Crippen molar-refractivity contribution in [3.05, 3.63) is 28.2 Å². The molecule has 0 unspecified atom stereocenters. The van der Waals surface area contributed by atoms with Gasteiger partial charge in [0.15, 0.2) is 0 Å². The zero-order valence-corrected chi connectivity index (χ0v) is 10.2. The van der Waals surface area contributed by atoms with Crippen LogP contribution in [-0.2, 0) is 16.4 Å². The lowest BCUT2D eigenvalue weighted by Gasteiger charge is -2.06. The van der Waals surface area contributed by atoms with Crippen LogP contribution in [0.3, 0.4) is 0 Å². The molecule has 0 fully saturated rings. The van der Waals surface area contributed by atoms with E-state index in [9.17, 15) is 8.42 Å². The lowest BCUT2D eigenvalue weighted by molar-refractivity contribution is 0.596. The average molecular weight is 278 g/mol. The Labute approximate surface area is 92.5 Å². The molecule has 0 heterocycles. The fourth-order valence-corrected chi connectivity index (χ4v) is 2.48. The Morgan fingerprint density at radius 2 is 2.07 bits per heavy atom. The van der Waals surface area contributed by atoms with Gasteiger partial charge in [0.1, 0.15) is 0 Å². The van der Waals surface area contributed by atoms with Crippen molar-refractivity contribution in [2.75, 3.05) is 0 Å². The normalized spacial score (nSPS) is 11.6. The summed E-state index contributed by atoms with van der Waals surface area (Å²) in [5.41, 5.74) is 0.768. The summed E-state index contributed by atoms with van der Waals surface area (Å²) in [6, 6.07) is 5.01. The van der Waals surface area contributed by atoms with E-state index in [4.69, 9.17) is 5.14 Å². The molecule has 0 radical (unpaired) electrons. The van der Waals surface area contributed by atoms with Crippen LogP contribution in [-0.4, -0.2) is 8.42 Å². The van der Waals surface area contributed by atoms with E-state index in [0.29, 0.717) is 6.42 Å². The van der Waals surface area contributed by atoms with Crippen molar-refractivity contribution >= 4 is 26.0 Å². The van der Waals surface area contributed by atoms with Crippen LogP contribution in [0.1, 0.15) is 18.9 Å². The van der Waals surface area contributed by atoms with E-state index in [2.05, 4.69) is 15.9 Å². The Morgan fingerprint density at radius 3 is 2.57 bits per heavy atom. The SMILES string of the molecule is CCCc1cc(Br)ccc1S(N)(=O)=O. The minimum absolute atomic E-state index is 0.225. The fraction of sp³-hybridized carbons (Fsp3) is 0.333. The number of rotatable bonds is 3. The predicted octanol–water partition coefficient (Wildman–Crippen LogP) is 2.05. The summed E-state index contributed by atoms with van der Waals surface area (Å²) in [7, 11) is -3.59. The standard InChI is InChI=1S/C9H12BrNO2S/c1-2-3-7-6-8(10)4-5-9(7)14(11,12)13/h4-6H,2-3H2,1H3,(H2,11,12,13). The summed E-state index contributed by atoms with van der Waals surface area (Å²) in [4.78, 5) is 0.225. The van der Waals surface area contributed by atoms with Crippen molar-refractivity contribution in [2.45, 2.75) is 24.7 Å². The van der Waals surface area contributed by atoms with Gasteiger partial charge in [0.25, 0.3) is 0 Å². The minimum atomic E-state index is -3.59. The molecule has 2 N–H and O–H groups in total. The molecule has 0 saturated heterocycles. The van der Waals surface area contributed by atoms with E-state index in [-0.39, 0.29) is 4.90 Å². The van der Waals surface area contributed by atoms with Gasteiger partial charge in [-0.3, -0.25) is 0 Å². The number of aryl methyl sites for hydroxylation is 1. The number of primary sulfonamides is 1. The third-order valence-corrected chi connectivity index (χ3v) is 3.35. The zero-order chi connectivity index (χ0) is 10.8. The number of halogens is 1. The highest BCUT2D eigenvalue weighted by Crippen LogP contribution is 2.21. The summed E-state index contributed by atoms with van der Waals surface area (Å²) in [6.45, 7) is 1.99. The first-order valence-electron chi connectivity index (χ1n) is 4.26. The quantitative estimate of drug-likeness (QED) is 0.919. The lowest BCUT2D eigenvalue weighted by atomic mass is 10.1. The summed E-state index contributed by atoms with van der Waals surface area (Å²) in [5.74, 6) is 0. The van der Waals surface area contributed by atoms with Gasteiger partial charge in [-0.25, -0.2) is 13.6 Å². The second-order valence-corrected chi connectivity index (χ2v) is 5.49. The number of nitrogens with two attached hydrogens (primary N) is 1. The molecule has 0 aliphatic rings. The van der Waals surface area contributed by atoms with Gasteiger partial charge in [-0.15, -0.1) is 0 Å². The summed E-state index contributed by atoms with van der Waals surface area (Å²) in [5, 5.41) is 5.09. The summed E-state index contributed by atoms with van der Waals surface area (Å²) in [6.07, 6.45) is 1.60. The van der Waals surface area contributed by atoms with E-state index >= 15 is 0 Å².